The second kappa shape index (κ2) is 8.15. The van der Waals surface area contributed by atoms with E-state index in [0.717, 1.165) is 24.8 Å². The van der Waals surface area contributed by atoms with Gasteiger partial charge in [0.15, 0.2) is 0 Å². The van der Waals surface area contributed by atoms with Crippen molar-refractivity contribution in [3.63, 3.8) is 0 Å². The van der Waals surface area contributed by atoms with E-state index in [1.54, 1.807) is 0 Å². The molecule has 2 heterocycles. The number of piperidine rings is 2. The van der Waals surface area contributed by atoms with Crippen molar-refractivity contribution >= 4 is 11.9 Å². The van der Waals surface area contributed by atoms with Gasteiger partial charge in [-0.25, -0.2) is 4.79 Å². The second-order valence-corrected chi connectivity index (χ2v) is 6.98. The number of fused-ring (bicyclic) bond motifs is 2. The third-order valence-corrected chi connectivity index (χ3v) is 5.33. The number of nitriles is 1. The van der Waals surface area contributed by atoms with Gasteiger partial charge in [0.1, 0.15) is 12.4 Å². The Morgan fingerprint density at radius 3 is 2.48 bits per heavy atom. The van der Waals surface area contributed by atoms with Crippen LogP contribution in [0, 0.1) is 17.2 Å². The van der Waals surface area contributed by atoms with Crippen molar-refractivity contribution in [1.29, 1.82) is 5.26 Å². The number of ketones is 1. The number of carbonyl (C=O) groups excluding carboxylic acids is 2. The summed E-state index contributed by atoms with van der Waals surface area (Å²) in [6.07, 6.45) is 4.73. The Hall–Kier alpha value is -2.35. The molecule has 5 heteroatoms. The largest absolute Gasteiger partial charge is 0.445 e. The number of amides is 1. The van der Waals surface area contributed by atoms with E-state index in [2.05, 4.69) is 0 Å². The molecule has 2 atom stereocenters. The van der Waals surface area contributed by atoms with E-state index in [9.17, 15) is 9.59 Å². The standard InChI is InChI=1S/C20H24N2O3/c21-11-5-10-19(23)16-12-17-8-4-9-18(13-16)22(17)20(24)25-14-15-6-2-1-3-7-15/h1-3,6-7,16-18H,4-5,8-10,12-14H2. The zero-order chi connectivity index (χ0) is 17.6. The molecule has 3 rings (SSSR count). The molecule has 0 spiro atoms. The van der Waals surface area contributed by atoms with Crippen LogP contribution in [0.2, 0.25) is 0 Å². The molecular formula is C20H24N2O3. The minimum Gasteiger partial charge on any atom is -0.445 e. The Bertz CT molecular complexity index is 639. The molecule has 0 aliphatic carbocycles. The van der Waals surface area contributed by atoms with E-state index in [1.165, 1.54) is 0 Å². The van der Waals surface area contributed by atoms with E-state index >= 15 is 0 Å². The first-order valence-corrected chi connectivity index (χ1v) is 9.07. The van der Waals surface area contributed by atoms with Crippen molar-refractivity contribution in [3.05, 3.63) is 35.9 Å². The predicted octanol–water partition coefficient (Wildman–Crippen LogP) is 3.83. The number of rotatable bonds is 5. The Morgan fingerprint density at radius 2 is 1.84 bits per heavy atom. The van der Waals surface area contributed by atoms with Crippen molar-refractivity contribution in [2.45, 2.75) is 63.6 Å². The lowest BCUT2D eigenvalue weighted by atomic mass is 9.76. The number of hydrogen-bond acceptors (Lipinski definition) is 4. The summed E-state index contributed by atoms with van der Waals surface area (Å²) >= 11 is 0. The molecule has 1 amide bonds. The van der Waals surface area contributed by atoms with Crippen molar-refractivity contribution in [2.75, 3.05) is 0 Å². The van der Waals surface area contributed by atoms with Gasteiger partial charge in [-0.15, -0.1) is 0 Å². The molecular weight excluding hydrogens is 316 g/mol. The smallest absolute Gasteiger partial charge is 0.410 e. The minimum atomic E-state index is -0.263. The van der Waals surface area contributed by atoms with Gasteiger partial charge in [-0.2, -0.15) is 5.26 Å². The average Bonchev–Trinajstić information content (AvgIpc) is 2.64. The molecule has 2 aliphatic heterocycles. The van der Waals surface area contributed by atoms with E-state index in [0.29, 0.717) is 19.3 Å². The summed E-state index contributed by atoms with van der Waals surface area (Å²) in [7, 11) is 0. The molecule has 1 aromatic rings. The number of nitrogens with zero attached hydrogens (tertiary/aromatic N) is 2. The first-order chi connectivity index (χ1) is 12.2. The lowest BCUT2D eigenvalue weighted by Crippen LogP contribution is -2.55. The number of hydrogen-bond donors (Lipinski definition) is 0. The van der Waals surface area contributed by atoms with Crippen LogP contribution in [0.1, 0.15) is 50.5 Å². The lowest BCUT2D eigenvalue weighted by Gasteiger charge is -2.47. The first kappa shape index (κ1) is 17.5. The van der Waals surface area contributed by atoms with Crippen LogP contribution in [0.5, 0.6) is 0 Å². The van der Waals surface area contributed by atoms with Crippen LogP contribution in [0.3, 0.4) is 0 Å². The summed E-state index contributed by atoms with van der Waals surface area (Å²) < 4.78 is 5.52. The number of Topliss-reactive ketones (excluding diaryl/α,β-unsaturated/α-hetero) is 1. The summed E-state index contributed by atoms with van der Waals surface area (Å²) in [5, 5.41) is 8.67. The summed E-state index contributed by atoms with van der Waals surface area (Å²) in [5.41, 5.74) is 0.975. The fourth-order valence-electron chi connectivity index (χ4n) is 4.12. The number of ether oxygens (including phenoxy) is 1. The van der Waals surface area contributed by atoms with Gasteiger partial charge in [0, 0.05) is 30.8 Å². The van der Waals surface area contributed by atoms with Gasteiger partial charge in [0.05, 0.1) is 6.07 Å². The van der Waals surface area contributed by atoms with Gasteiger partial charge in [0.25, 0.3) is 0 Å². The highest BCUT2D eigenvalue weighted by Gasteiger charge is 2.43. The average molecular weight is 340 g/mol. The highest BCUT2D eigenvalue weighted by Crippen LogP contribution is 2.38. The Kier molecular flexibility index (Phi) is 5.70. The fourth-order valence-corrected chi connectivity index (χ4v) is 4.12. The summed E-state index contributed by atoms with van der Waals surface area (Å²) in [6, 6.07) is 11.9. The van der Waals surface area contributed by atoms with E-state index in [-0.39, 0.29) is 42.9 Å². The maximum atomic E-state index is 12.6. The highest BCUT2D eigenvalue weighted by molar-refractivity contribution is 5.82. The van der Waals surface area contributed by atoms with Crippen molar-refractivity contribution in [1.82, 2.24) is 4.90 Å². The molecule has 0 saturated carbocycles. The first-order valence-electron chi connectivity index (χ1n) is 9.07. The quantitative estimate of drug-likeness (QED) is 0.817. The normalized spacial score (nSPS) is 25.1. The molecule has 1 aromatic carbocycles. The van der Waals surface area contributed by atoms with Crippen molar-refractivity contribution in [2.24, 2.45) is 5.92 Å². The topological polar surface area (TPSA) is 70.4 Å². The molecule has 25 heavy (non-hydrogen) atoms. The molecule has 2 aliphatic rings. The van der Waals surface area contributed by atoms with Gasteiger partial charge in [-0.05, 0) is 37.7 Å². The van der Waals surface area contributed by atoms with Crippen LogP contribution >= 0.6 is 0 Å². The molecule has 0 aromatic heterocycles. The van der Waals surface area contributed by atoms with Crippen LogP contribution in [-0.2, 0) is 16.1 Å². The molecule has 0 radical (unpaired) electrons. The third kappa shape index (κ3) is 4.19. The van der Waals surface area contributed by atoms with Crippen molar-refractivity contribution in [3.8, 4) is 6.07 Å². The predicted molar refractivity (Wildman–Crippen MR) is 92.5 cm³/mol. The molecule has 0 N–H and O–H groups in total. The van der Waals surface area contributed by atoms with Gasteiger partial charge >= 0.3 is 6.09 Å². The van der Waals surface area contributed by atoms with Crippen LogP contribution in [0.25, 0.3) is 0 Å². The SMILES string of the molecule is N#CCCC(=O)C1CC2CCCC(C1)N2C(=O)OCc1ccccc1. The monoisotopic (exact) mass is 340 g/mol. The van der Waals surface area contributed by atoms with Gasteiger partial charge in [0.2, 0.25) is 0 Å². The van der Waals surface area contributed by atoms with Crippen molar-refractivity contribution < 1.29 is 14.3 Å². The molecule has 2 saturated heterocycles. The third-order valence-electron chi connectivity index (χ3n) is 5.33. The molecule has 132 valence electrons. The Balaban J connectivity index is 1.60. The maximum Gasteiger partial charge on any atom is 0.410 e. The van der Waals surface area contributed by atoms with Crippen LogP contribution < -0.4 is 0 Å². The van der Waals surface area contributed by atoms with Crippen LogP contribution in [0.4, 0.5) is 4.79 Å². The lowest BCUT2D eigenvalue weighted by molar-refractivity contribution is -0.126. The van der Waals surface area contributed by atoms with Gasteiger partial charge in [-0.3, -0.25) is 4.79 Å². The maximum absolute atomic E-state index is 12.6. The zero-order valence-corrected chi connectivity index (χ0v) is 14.4. The summed E-state index contributed by atoms with van der Waals surface area (Å²) in [6.45, 7) is 0.278. The zero-order valence-electron chi connectivity index (χ0n) is 14.4. The molecule has 5 nitrogen and oxygen atoms in total. The summed E-state index contributed by atoms with van der Waals surface area (Å²) in [5.74, 6) is 0.164. The Labute approximate surface area is 148 Å². The summed E-state index contributed by atoms with van der Waals surface area (Å²) in [4.78, 5) is 26.8. The van der Waals surface area contributed by atoms with E-state index in [1.807, 2.05) is 41.3 Å². The Morgan fingerprint density at radius 1 is 1.16 bits per heavy atom. The van der Waals surface area contributed by atoms with Crippen LogP contribution in [-0.4, -0.2) is 28.9 Å². The molecule has 2 fully saturated rings. The second-order valence-electron chi connectivity index (χ2n) is 6.98. The number of benzene rings is 1. The number of carbonyl (C=O) groups is 2. The molecule has 2 bridgehead atoms. The highest BCUT2D eigenvalue weighted by atomic mass is 16.6. The van der Waals surface area contributed by atoms with Crippen LogP contribution in [0.15, 0.2) is 30.3 Å². The van der Waals surface area contributed by atoms with E-state index in [4.69, 9.17) is 10.00 Å². The van der Waals surface area contributed by atoms with Gasteiger partial charge in [-0.1, -0.05) is 30.3 Å². The minimum absolute atomic E-state index is 0.0122. The molecule has 2 unspecified atom stereocenters. The fraction of sp³-hybridized carbons (Fsp3) is 0.550. The van der Waals surface area contributed by atoms with E-state index < -0.39 is 0 Å². The van der Waals surface area contributed by atoms with Gasteiger partial charge < -0.3 is 9.64 Å².